The third-order valence-corrected chi connectivity index (χ3v) is 6.68. The smallest absolute Gasteiger partial charge is 0.225 e. The monoisotopic (exact) mass is 395 g/mol. The molecule has 0 unspecified atom stereocenters. The molecule has 4 N–H and O–H groups in total. The first-order chi connectivity index (χ1) is 13.7. The molecule has 6 heteroatoms. The maximum absolute atomic E-state index is 5.99. The highest BCUT2D eigenvalue weighted by molar-refractivity contribution is 7.10. The second-order valence-electron chi connectivity index (χ2n) is 7.68. The van der Waals surface area contributed by atoms with Crippen molar-refractivity contribution >= 4 is 34.0 Å². The number of para-hydroxylation sites is 1. The van der Waals surface area contributed by atoms with E-state index in [1.165, 1.54) is 37.0 Å². The average molecular weight is 396 g/mol. The zero-order valence-electron chi connectivity index (χ0n) is 16.4. The summed E-state index contributed by atoms with van der Waals surface area (Å²) in [6, 6.07) is 10.6. The number of nitrogens with two attached hydrogens (primary N) is 1. The Bertz CT molecular complexity index is 903. The fraction of sp³-hybridized carbons (Fsp3) is 0.455. The van der Waals surface area contributed by atoms with Gasteiger partial charge in [-0.15, -0.1) is 11.3 Å². The average Bonchev–Trinajstić information content (AvgIpc) is 3.28. The van der Waals surface area contributed by atoms with Gasteiger partial charge in [-0.1, -0.05) is 37.5 Å². The summed E-state index contributed by atoms with van der Waals surface area (Å²) in [6.45, 7) is 3.58. The fourth-order valence-electron chi connectivity index (χ4n) is 4.01. The van der Waals surface area contributed by atoms with Crippen LogP contribution < -0.4 is 16.4 Å². The van der Waals surface area contributed by atoms with Crippen molar-refractivity contribution in [3.63, 3.8) is 0 Å². The van der Waals surface area contributed by atoms with Gasteiger partial charge in [-0.3, -0.25) is 0 Å². The van der Waals surface area contributed by atoms with Crippen molar-refractivity contribution in [1.82, 2.24) is 9.97 Å². The maximum Gasteiger partial charge on any atom is 0.225 e. The molecule has 5 nitrogen and oxygen atoms in total. The summed E-state index contributed by atoms with van der Waals surface area (Å²) >= 11 is 1.76. The molecule has 1 aliphatic carbocycles. The lowest BCUT2D eigenvalue weighted by Crippen LogP contribution is -2.19. The third-order valence-electron chi connectivity index (χ3n) is 5.63. The maximum atomic E-state index is 5.99. The van der Waals surface area contributed by atoms with E-state index in [1.54, 1.807) is 11.3 Å². The number of thiophene rings is 1. The zero-order valence-corrected chi connectivity index (χ0v) is 17.3. The first-order valence-electron chi connectivity index (χ1n) is 10.3. The van der Waals surface area contributed by atoms with Crippen LogP contribution in [0.15, 0.2) is 35.7 Å². The molecule has 28 heavy (non-hydrogen) atoms. The number of nitrogens with one attached hydrogen (secondary N) is 2. The van der Waals surface area contributed by atoms with E-state index >= 15 is 0 Å². The fourth-order valence-corrected chi connectivity index (χ4v) is 4.74. The molecule has 1 atom stereocenters. The van der Waals surface area contributed by atoms with Crippen LogP contribution in [0, 0.1) is 5.92 Å². The molecule has 2 aromatic heterocycles. The van der Waals surface area contributed by atoms with Crippen LogP contribution in [-0.4, -0.2) is 16.5 Å². The summed E-state index contributed by atoms with van der Waals surface area (Å²) < 4.78 is 0. The van der Waals surface area contributed by atoms with Crippen molar-refractivity contribution in [2.45, 2.75) is 51.6 Å². The molecular weight excluding hydrogens is 366 g/mol. The SMILES string of the molecule is C[C@@H](Nc1nc(NCC2CCCCC2)nc2c(CN)cccc12)c1cccs1. The summed E-state index contributed by atoms with van der Waals surface area (Å²) in [5.41, 5.74) is 7.97. The molecule has 0 amide bonds. The van der Waals surface area contributed by atoms with Gasteiger partial charge in [0.25, 0.3) is 0 Å². The Kier molecular flexibility index (Phi) is 6.07. The van der Waals surface area contributed by atoms with Crippen molar-refractivity contribution in [1.29, 1.82) is 0 Å². The zero-order chi connectivity index (χ0) is 19.3. The minimum Gasteiger partial charge on any atom is -0.362 e. The van der Waals surface area contributed by atoms with Gasteiger partial charge in [-0.2, -0.15) is 4.98 Å². The van der Waals surface area contributed by atoms with Gasteiger partial charge in [0, 0.05) is 23.4 Å². The predicted octanol–water partition coefficient (Wildman–Crippen LogP) is 5.32. The van der Waals surface area contributed by atoms with Gasteiger partial charge in [-0.05, 0) is 48.8 Å². The van der Waals surface area contributed by atoms with Gasteiger partial charge in [-0.25, -0.2) is 4.98 Å². The van der Waals surface area contributed by atoms with Crippen LogP contribution in [0.2, 0.25) is 0 Å². The Morgan fingerprint density at radius 1 is 1.14 bits per heavy atom. The first-order valence-corrected chi connectivity index (χ1v) is 11.2. The largest absolute Gasteiger partial charge is 0.362 e. The lowest BCUT2D eigenvalue weighted by molar-refractivity contribution is 0.373. The second kappa shape index (κ2) is 8.88. The van der Waals surface area contributed by atoms with Gasteiger partial charge in [0.15, 0.2) is 0 Å². The standard InChI is InChI=1S/C22H29N5S/c1-15(19-11-6-12-28-19)25-21-18-10-5-9-17(13-23)20(18)26-22(27-21)24-14-16-7-3-2-4-8-16/h5-6,9-12,15-16H,2-4,7-8,13-14,23H2,1H3,(H2,24,25,26,27)/t15-/m1/s1. The van der Waals surface area contributed by atoms with E-state index in [1.807, 2.05) is 12.1 Å². The minimum absolute atomic E-state index is 0.186. The predicted molar refractivity (Wildman–Crippen MR) is 119 cm³/mol. The molecule has 1 aromatic carbocycles. The van der Waals surface area contributed by atoms with Crippen LogP contribution in [0.5, 0.6) is 0 Å². The molecule has 0 bridgehead atoms. The highest BCUT2D eigenvalue weighted by atomic mass is 32.1. The topological polar surface area (TPSA) is 75.9 Å². The molecule has 1 aliphatic rings. The van der Waals surface area contributed by atoms with Gasteiger partial charge in [0.2, 0.25) is 5.95 Å². The van der Waals surface area contributed by atoms with Crippen molar-refractivity contribution in [2.75, 3.05) is 17.2 Å². The lowest BCUT2D eigenvalue weighted by atomic mass is 9.89. The Morgan fingerprint density at radius 3 is 2.75 bits per heavy atom. The van der Waals surface area contributed by atoms with Crippen molar-refractivity contribution in [3.8, 4) is 0 Å². The summed E-state index contributed by atoms with van der Waals surface area (Å²) in [6.07, 6.45) is 6.66. The first kappa shape index (κ1) is 19.2. The van der Waals surface area contributed by atoms with Crippen LogP contribution in [-0.2, 0) is 6.54 Å². The highest BCUT2D eigenvalue weighted by Gasteiger charge is 2.16. The van der Waals surface area contributed by atoms with E-state index in [4.69, 9.17) is 15.7 Å². The van der Waals surface area contributed by atoms with Gasteiger partial charge in [0.1, 0.15) is 5.82 Å². The lowest BCUT2D eigenvalue weighted by Gasteiger charge is -2.22. The highest BCUT2D eigenvalue weighted by Crippen LogP contribution is 2.30. The molecule has 0 aliphatic heterocycles. The van der Waals surface area contributed by atoms with Crippen LogP contribution in [0.25, 0.3) is 10.9 Å². The van der Waals surface area contributed by atoms with Gasteiger partial charge < -0.3 is 16.4 Å². The molecular formula is C22H29N5S. The van der Waals surface area contributed by atoms with E-state index in [9.17, 15) is 0 Å². The van der Waals surface area contributed by atoms with Crippen LogP contribution in [0.3, 0.4) is 0 Å². The molecule has 0 saturated heterocycles. The molecule has 0 spiro atoms. The summed E-state index contributed by atoms with van der Waals surface area (Å²) in [4.78, 5) is 11.0. The quantitative estimate of drug-likeness (QED) is 0.505. The number of hydrogen-bond donors (Lipinski definition) is 3. The van der Waals surface area contributed by atoms with Crippen molar-refractivity contribution in [3.05, 3.63) is 46.2 Å². The Morgan fingerprint density at radius 2 is 2.00 bits per heavy atom. The van der Waals surface area contributed by atoms with Crippen LogP contribution in [0.1, 0.15) is 55.5 Å². The van der Waals surface area contributed by atoms with E-state index in [-0.39, 0.29) is 6.04 Å². The number of hydrogen-bond acceptors (Lipinski definition) is 6. The molecule has 0 radical (unpaired) electrons. The Labute approximate surface area is 170 Å². The summed E-state index contributed by atoms with van der Waals surface area (Å²) in [5.74, 6) is 2.28. The number of benzene rings is 1. The molecule has 1 saturated carbocycles. The summed E-state index contributed by atoms with van der Waals surface area (Å²) in [7, 11) is 0. The van der Waals surface area contributed by atoms with E-state index < -0.39 is 0 Å². The molecule has 4 rings (SSSR count). The molecule has 3 aromatic rings. The molecule has 2 heterocycles. The van der Waals surface area contributed by atoms with E-state index in [0.717, 1.165) is 34.7 Å². The van der Waals surface area contributed by atoms with Crippen LogP contribution >= 0.6 is 11.3 Å². The van der Waals surface area contributed by atoms with Crippen LogP contribution in [0.4, 0.5) is 11.8 Å². The molecule has 1 fully saturated rings. The third kappa shape index (κ3) is 4.28. The van der Waals surface area contributed by atoms with Gasteiger partial charge >= 0.3 is 0 Å². The minimum atomic E-state index is 0.186. The van der Waals surface area contributed by atoms with Gasteiger partial charge in [0.05, 0.1) is 11.6 Å². The molecule has 148 valence electrons. The number of anilines is 2. The number of rotatable bonds is 7. The van der Waals surface area contributed by atoms with E-state index in [2.05, 4.69) is 41.1 Å². The van der Waals surface area contributed by atoms with E-state index in [0.29, 0.717) is 12.5 Å². The Hall–Kier alpha value is -2.18. The number of nitrogens with zero attached hydrogens (tertiary/aromatic N) is 2. The van der Waals surface area contributed by atoms with Crippen molar-refractivity contribution in [2.24, 2.45) is 11.7 Å². The summed E-state index contributed by atoms with van der Waals surface area (Å²) in [5, 5.41) is 10.2. The second-order valence-corrected chi connectivity index (χ2v) is 8.66. The number of fused-ring (bicyclic) bond motifs is 1. The van der Waals surface area contributed by atoms with Crippen molar-refractivity contribution < 1.29 is 0 Å². The Balaban J connectivity index is 1.63. The number of aromatic nitrogens is 2. The normalized spacial score (nSPS) is 16.2.